The Morgan fingerprint density at radius 3 is 2.67 bits per heavy atom. The number of rotatable bonds is 3. The summed E-state index contributed by atoms with van der Waals surface area (Å²) in [5, 5.41) is 9.19. The second kappa shape index (κ2) is 5.28. The number of likely N-dealkylation sites (tertiary alicyclic amines) is 1. The van der Waals surface area contributed by atoms with Crippen molar-refractivity contribution in [2.24, 2.45) is 5.92 Å². The highest BCUT2D eigenvalue weighted by molar-refractivity contribution is 9.10. The molecule has 4 nitrogen and oxygen atoms in total. The van der Waals surface area contributed by atoms with E-state index >= 15 is 0 Å². The van der Waals surface area contributed by atoms with E-state index in [2.05, 4.69) is 15.9 Å². The lowest BCUT2D eigenvalue weighted by atomic mass is 9.95. The van der Waals surface area contributed by atoms with Gasteiger partial charge in [-0.15, -0.1) is 0 Å². The van der Waals surface area contributed by atoms with Gasteiger partial charge in [0, 0.05) is 29.0 Å². The van der Waals surface area contributed by atoms with Gasteiger partial charge in [-0.05, 0) is 34.1 Å². The van der Waals surface area contributed by atoms with Crippen molar-refractivity contribution in [3.8, 4) is 0 Å². The molecule has 0 aromatic heterocycles. The van der Waals surface area contributed by atoms with Crippen LogP contribution in [0.3, 0.4) is 0 Å². The molecule has 0 aliphatic carbocycles. The third-order valence-corrected chi connectivity index (χ3v) is 4.09. The lowest BCUT2D eigenvalue weighted by Crippen LogP contribution is -2.50. The summed E-state index contributed by atoms with van der Waals surface area (Å²) in [7, 11) is 0. The number of aliphatic carboxylic acids is 1. The van der Waals surface area contributed by atoms with Gasteiger partial charge >= 0.3 is 5.97 Å². The average molecular weight is 333 g/mol. The lowest BCUT2D eigenvalue weighted by Gasteiger charge is -2.38. The monoisotopic (exact) mass is 331 g/mol. The van der Waals surface area contributed by atoms with E-state index in [-0.39, 0.29) is 18.2 Å². The molecule has 0 saturated carbocycles. The fourth-order valence-electron chi connectivity index (χ4n) is 1.92. The van der Waals surface area contributed by atoms with Crippen molar-refractivity contribution in [2.75, 3.05) is 13.1 Å². The molecule has 1 N–H and O–H groups in total. The number of benzene rings is 1. The molecular weight excluding hydrogens is 321 g/mol. The molecule has 1 aromatic carbocycles. The predicted octanol–water partition coefficient (Wildman–Crippen LogP) is 2.65. The minimum atomic E-state index is -0.818. The van der Waals surface area contributed by atoms with Crippen LogP contribution in [0, 0.1) is 5.92 Å². The highest BCUT2D eigenvalue weighted by Crippen LogP contribution is 2.26. The van der Waals surface area contributed by atoms with E-state index in [9.17, 15) is 9.59 Å². The van der Waals surface area contributed by atoms with Crippen LogP contribution in [0.1, 0.15) is 16.8 Å². The summed E-state index contributed by atoms with van der Waals surface area (Å²) in [5.41, 5.74) is 0.556. The van der Waals surface area contributed by atoms with Crippen molar-refractivity contribution >= 4 is 39.4 Å². The molecule has 0 spiro atoms. The first-order chi connectivity index (χ1) is 8.47. The second-order valence-electron chi connectivity index (χ2n) is 4.30. The smallest absolute Gasteiger partial charge is 0.303 e. The summed E-state index contributed by atoms with van der Waals surface area (Å²) < 4.78 is 0.678. The van der Waals surface area contributed by atoms with E-state index in [0.717, 1.165) is 0 Å². The highest BCUT2D eigenvalue weighted by atomic mass is 79.9. The molecule has 2 rings (SSSR count). The Bertz CT molecular complexity index is 500. The van der Waals surface area contributed by atoms with Crippen molar-refractivity contribution in [3.05, 3.63) is 33.3 Å². The summed E-state index contributed by atoms with van der Waals surface area (Å²) in [6.07, 6.45) is 0.119. The topological polar surface area (TPSA) is 57.6 Å². The molecule has 1 aliphatic heterocycles. The standard InChI is InChI=1S/C12H11BrClNO3/c13-9-4-8(1-2-10(9)14)12(18)15-5-7(6-15)3-11(16)17/h1-2,4,7H,3,5-6H2,(H,16,17). The Morgan fingerprint density at radius 2 is 2.11 bits per heavy atom. The van der Waals surface area contributed by atoms with E-state index in [1.165, 1.54) is 0 Å². The molecule has 0 radical (unpaired) electrons. The molecule has 18 heavy (non-hydrogen) atoms. The van der Waals surface area contributed by atoms with E-state index in [0.29, 0.717) is 28.1 Å². The maximum absolute atomic E-state index is 12.0. The lowest BCUT2D eigenvalue weighted by molar-refractivity contribution is -0.139. The van der Waals surface area contributed by atoms with Crippen LogP contribution in [-0.2, 0) is 4.79 Å². The molecule has 0 atom stereocenters. The Morgan fingerprint density at radius 1 is 1.44 bits per heavy atom. The normalized spacial score (nSPS) is 15.3. The summed E-state index contributed by atoms with van der Waals surface area (Å²) in [5.74, 6) is -0.836. The minimum Gasteiger partial charge on any atom is -0.481 e. The van der Waals surface area contributed by atoms with Crippen molar-refractivity contribution in [2.45, 2.75) is 6.42 Å². The molecule has 1 heterocycles. The zero-order valence-electron chi connectivity index (χ0n) is 9.40. The first kappa shape index (κ1) is 13.4. The summed E-state index contributed by atoms with van der Waals surface area (Å²) in [4.78, 5) is 24.2. The zero-order chi connectivity index (χ0) is 13.3. The Labute approximate surface area is 118 Å². The van der Waals surface area contributed by atoms with E-state index in [4.69, 9.17) is 16.7 Å². The van der Waals surface area contributed by atoms with Gasteiger partial charge in [-0.2, -0.15) is 0 Å². The fourth-order valence-corrected chi connectivity index (χ4v) is 2.42. The second-order valence-corrected chi connectivity index (χ2v) is 5.56. The molecular formula is C12H11BrClNO3. The molecule has 96 valence electrons. The number of halogens is 2. The van der Waals surface area contributed by atoms with Crippen molar-refractivity contribution in [3.63, 3.8) is 0 Å². The van der Waals surface area contributed by atoms with Gasteiger partial charge in [-0.3, -0.25) is 9.59 Å². The van der Waals surface area contributed by atoms with Crippen molar-refractivity contribution in [1.82, 2.24) is 4.90 Å². The van der Waals surface area contributed by atoms with Gasteiger partial charge in [-0.1, -0.05) is 11.6 Å². The van der Waals surface area contributed by atoms with Crippen LogP contribution in [0.5, 0.6) is 0 Å². The SMILES string of the molecule is O=C(O)CC1CN(C(=O)c2ccc(Cl)c(Br)c2)C1. The number of carbonyl (C=O) groups is 2. The van der Waals surface area contributed by atoms with E-state index in [1.807, 2.05) is 0 Å². The molecule has 0 bridgehead atoms. The first-order valence-electron chi connectivity index (χ1n) is 5.43. The van der Waals surface area contributed by atoms with Crippen LogP contribution >= 0.6 is 27.5 Å². The molecule has 1 aliphatic rings. The van der Waals surface area contributed by atoms with Crippen LogP contribution in [0.25, 0.3) is 0 Å². The van der Waals surface area contributed by atoms with Crippen LogP contribution in [-0.4, -0.2) is 35.0 Å². The predicted molar refractivity (Wildman–Crippen MR) is 70.8 cm³/mol. The number of nitrogens with zero attached hydrogens (tertiary/aromatic N) is 1. The van der Waals surface area contributed by atoms with Crippen LogP contribution in [0.2, 0.25) is 5.02 Å². The molecule has 1 aromatic rings. The molecule has 1 amide bonds. The first-order valence-corrected chi connectivity index (χ1v) is 6.60. The Balaban J connectivity index is 1.97. The van der Waals surface area contributed by atoms with Gasteiger partial charge in [0.2, 0.25) is 0 Å². The maximum Gasteiger partial charge on any atom is 0.303 e. The maximum atomic E-state index is 12.0. The summed E-state index contributed by atoms with van der Waals surface area (Å²) >= 11 is 9.12. The van der Waals surface area contributed by atoms with Crippen LogP contribution in [0.4, 0.5) is 0 Å². The summed E-state index contributed by atoms with van der Waals surface area (Å²) in [6, 6.07) is 5.00. The van der Waals surface area contributed by atoms with E-state index in [1.54, 1.807) is 23.1 Å². The number of carboxylic acids is 1. The van der Waals surface area contributed by atoms with Gasteiger partial charge in [0.15, 0.2) is 0 Å². The van der Waals surface area contributed by atoms with Gasteiger partial charge in [0.25, 0.3) is 5.91 Å². The number of amides is 1. The van der Waals surface area contributed by atoms with E-state index < -0.39 is 5.97 Å². The molecule has 0 unspecified atom stereocenters. The third kappa shape index (κ3) is 2.84. The fraction of sp³-hybridized carbons (Fsp3) is 0.333. The Hall–Kier alpha value is -1.07. The molecule has 1 saturated heterocycles. The Kier molecular flexibility index (Phi) is 3.92. The van der Waals surface area contributed by atoms with Gasteiger partial charge in [-0.25, -0.2) is 0 Å². The quantitative estimate of drug-likeness (QED) is 0.926. The average Bonchev–Trinajstić information content (AvgIpc) is 2.25. The third-order valence-electron chi connectivity index (χ3n) is 2.87. The van der Waals surface area contributed by atoms with Gasteiger partial charge in [0.1, 0.15) is 0 Å². The number of hydrogen-bond acceptors (Lipinski definition) is 2. The minimum absolute atomic E-state index is 0.0715. The number of carbonyl (C=O) groups excluding carboxylic acids is 1. The van der Waals surface area contributed by atoms with Crippen LogP contribution in [0.15, 0.2) is 22.7 Å². The molecule has 6 heteroatoms. The summed E-state index contributed by atoms with van der Waals surface area (Å²) in [6.45, 7) is 1.01. The van der Waals surface area contributed by atoms with Crippen molar-refractivity contribution < 1.29 is 14.7 Å². The van der Waals surface area contributed by atoms with Gasteiger partial charge < -0.3 is 10.0 Å². The van der Waals surface area contributed by atoms with Crippen molar-refractivity contribution in [1.29, 1.82) is 0 Å². The van der Waals surface area contributed by atoms with Gasteiger partial charge in [0.05, 0.1) is 11.4 Å². The number of hydrogen-bond donors (Lipinski definition) is 1. The number of carboxylic acid groups (broad SMARTS) is 1. The largest absolute Gasteiger partial charge is 0.481 e. The zero-order valence-corrected chi connectivity index (χ0v) is 11.7. The highest BCUT2D eigenvalue weighted by Gasteiger charge is 2.32. The molecule has 1 fully saturated rings. The van der Waals surface area contributed by atoms with Crippen LogP contribution < -0.4 is 0 Å².